The van der Waals surface area contributed by atoms with Crippen LogP contribution in [0.15, 0.2) is 18.3 Å². The molecule has 102 valence electrons. The zero-order valence-corrected chi connectivity index (χ0v) is 11.6. The second-order valence-corrected chi connectivity index (χ2v) is 5.32. The van der Waals surface area contributed by atoms with E-state index in [0.29, 0.717) is 6.04 Å². The highest BCUT2D eigenvalue weighted by atomic mass is 15.2. The van der Waals surface area contributed by atoms with E-state index in [1.54, 1.807) is 0 Å². The summed E-state index contributed by atoms with van der Waals surface area (Å²) in [5.41, 5.74) is 2.06. The summed E-state index contributed by atoms with van der Waals surface area (Å²) >= 11 is 0. The molecule has 4 heteroatoms. The van der Waals surface area contributed by atoms with Crippen LogP contribution in [0.3, 0.4) is 0 Å². The van der Waals surface area contributed by atoms with Gasteiger partial charge in [0.05, 0.1) is 6.04 Å². The van der Waals surface area contributed by atoms with Crippen molar-refractivity contribution in [3.05, 3.63) is 24.2 Å². The van der Waals surface area contributed by atoms with Crippen LogP contribution in [-0.4, -0.2) is 21.1 Å². The molecule has 0 amide bonds. The summed E-state index contributed by atoms with van der Waals surface area (Å²) in [6.45, 7) is 4.31. The number of pyridine rings is 1. The highest BCUT2D eigenvalue weighted by Gasteiger charge is 2.21. The quantitative estimate of drug-likeness (QED) is 0.920. The first-order valence-electron chi connectivity index (χ1n) is 7.44. The molecular formula is C15H22N4. The highest BCUT2D eigenvalue weighted by Crippen LogP contribution is 2.25. The van der Waals surface area contributed by atoms with E-state index in [2.05, 4.69) is 27.9 Å². The fraction of sp³-hybridized carbons (Fsp3) is 0.600. The Morgan fingerprint density at radius 3 is 3.21 bits per heavy atom. The molecule has 1 unspecified atom stereocenters. The Labute approximate surface area is 114 Å². The summed E-state index contributed by atoms with van der Waals surface area (Å²) < 4.78 is 2.30. The molecule has 0 radical (unpaired) electrons. The average molecular weight is 258 g/mol. The molecule has 3 rings (SSSR count). The molecule has 1 atom stereocenters. The van der Waals surface area contributed by atoms with Crippen molar-refractivity contribution in [3.8, 4) is 0 Å². The van der Waals surface area contributed by atoms with Gasteiger partial charge in [-0.2, -0.15) is 0 Å². The maximum absolute atomic E-state index is 4.83. The maximum Gasteiger partial charge on any atom is 0.160 e. The summed E-state index contributed by atoms with van der Waals surface area (Å²) in [6, 6.07) is 4.42. The van der Waals surface area contributed by atoms with Crippen LogP contribution in [0.5, 0.6) is 0 Å². The molecule has 1 aliphatic rings. The predicted octanol–water partition coefficient (Wildman–Crippen LogP) is 3.05. The fourth-order valence-corrected chi connectivity index (χ4v) is 2.94. The second kappa shape index (κ2) is 5.70. The van der Waals surface area contributed by atoms with Gasteiger partial charge in [-0.1, -0.05) is 19.8 Å². The molecule has 0 bridgehead atoms. The molecule has 2 aromatic rings. The van der Waals surface area contributed by atoms with Gasteiger partial charge >= 0.3 is 0 Å². The summed E-state index contributed by atoms with van der Waals surface area (Å²) in [7, 11) is 0. The molecule has 1 aliphatic heterocycles. The number of hydrogen-bond acceptors (Lipinski definition) is 3. The molecule has 2 aromatic heterocycles. The maximum atomic E-state index is 4.83. The minimum Gasteiger partial charge on any atom is -0.311 e. The first-order valence-corrected chi connectivity index (χ1v) is 7.44. The molecule has 1 saturated heterocycles. The average Bonchev–Trinajstić information content (AvgIpc) is 2.64. The van der Waals surface area contributed by atoms with Gasteiger partial charge in [0.25, 0.3) is 0 Å². The molecule has 19 heavy (non-hydrogen) atoms. The van der Waals surface area contributed by atoms with Crippen LogP contribution >= 0.6 is 0 Å². The summed E-state index contributed by atoms with van der Waals surface area (Å²) in [6.07, 6.45) is 8.06. The molecule has 0 spiro atoms. The molecule has 1 fully saturated rings. The van der Waals surface area contributed by atoms with Gasteiger partial charge in [-0.15, -0.1) is 0 Å². The van der Waals surface area contributed by atoms with Crippen LogP contribution in [0.1, 0.15) is 50.9 Å². The second-order valence-electron chi connectivity index (χ2n) is 5.32. The van der Waals surface area contributed by atoms with E-state index >= 15 is 0 Å². The van der Waals surface area contributed by atoms with Crippen molar-refractivity contribution in [2.75, 3.05) is 6.54 Å². The van der Waals surface area contributed by atoms with Crippen molar-refractivity contribution < 1.29 is 0 Å². The third-order valence-electron chi connectivity index (χ3n) is 3.85. The highest BCUT2D eigenvalue weighted by molar-refractivity contribution is 5.71. The van der Waals surface area contributed by atoms with Crippen molar-refractivity contribution in [3.63, 3.8) is 0 Å². The van der Waals surface area contributed by atoms with Crippen LogP contribution in [0.25, 0.3) is 11.2 Å². The van der Waals surface area contributed by atoms with Crippen LogP contribution in [0, 0.1) is 0 Å². The number of nitrogens with one attached hydrogen (secondary N) is 1. The van der Waals surface area contributed by atoms with Crippen molar-refractivity contribution in [1.29, 1.82) is 0 Å². The minimum atomic E-state index is 0.392. The third kappa shape index (κ3) is 2.50. The molecule has 0 aromatic carbocycles. The number of hydrogen-bond donors (Lipinski definition) is 1. The summed E-state index contributed by atoms with van der Waals surface area (Å²) in [5.74, 6) is 1.18. The van der Waals surface area contributed by atoms with Gasteiger partial charge in [0.1, 0.15) is 11.3 Å². The van der Waals surface area contributed by atoms with E-state index in [9.17, 15) is 0 Å². The van der Waals surface area contributed by atoms with Crippen molar-refractivity contribution in [1.82, 2.24) is 19.9 Å². The Morgan fingerprint density at radius 1 is 1.37 bits per heavy atom. The van der Waals surface area contributed by atoms with Crippen molar-refractivity contribution in [2.24, 2.45) is 0 Å². The van der Waals surface area contributed by atoms with Gasteiger partial charge in [0, 0.05) is 12.7 Å². The van der Waals surface area contributed by atoms with E-state index < -0.39 is 0 Å². The largest absolute Gasteiger partial charge is 0.311 e. The minimum absolute atomic E-state index is 0.392. The van der Waals surface area contributed by atoms with Gasteiger partial charge < -0.3 is 9.88 Å². The SMILES string of the molecule is CCCn1c(C2CCCCCN2)nc2cccnc21. The predicted molar refractivity (Wildman–Crippen MR) is 77.0 cm³/mol. The smallest absolute Gasteiger partial charge is 0.160 e. The first-order chi connectivity index (χ1) is 9.40. The van der Waals surface area contributed by atoms with Crippen LogP contribution in [0.4, 0.5) is 0 Å². The molecule has 0 aliphatic carbocycles. The lowest BCUT2D eigenvalue weighted by molar-refractivity contribution is 0.480. The Balaban J connectivity index is 2.02. The van der Waals surface area contributed by atoms with Crippen molar-refractivity contribution >= 4 is 11.2 Å². The number of aromatic nitrogens is 3. The molecule has 4 nitrogen and oxygen atoms in total. The third-order valence-corrected chi connectivity index (χ3v) is 3.85. The topological polar surface area (TPSA) is 42.7 Å². The van der Waals surface area contributed by atoms with E-state index in [-0.39, 0.29) is 0 Å². The Kier molecular flexibility index (Phi) is 3.78. The van der Waals surface area contributed by atoms with Crippen molar-refractivity contribution in [2.45, 2.75) is 51.6 Å². The lowest BCUT2D eigenvalue weighted by atomic mass is 10.1. The van der Waals surface area contributed by atoms with Crippen LogP contribution in [-0.2, 0) is 6.54 Å². The lowest BCUT2D eigenvalue weighted by Gasteiger charge is -2.17. The zero-order valence-electron chi connectivity index (χ0n) is 11.6. The van der Waals surface area contributed by atoms with Gasteiger partial charge in [0.15, 0.2) is 5.65 Å². The summed E-state index contributed by atoms with van der Waals surface area (Å²) in [4.78, 5) is 9.35. The first kappa shape index (κ1) is 12.6. The number of nitrogens with zero attached hydrogens (tertiary/aromatic N) is 3. The van der Waals surface area contributed by atoms with E-state index in [1.807, 2.05) is 12.3 Å². The zero-order chi connectivity index (χ0) is 13.1. The Hall–Kier alpha value is -1.42. The monoisotopic (exact) mass is 258 g/mol. The Bertz CT molecular complexity index is 538. The van der Waals surface area contributed by atoms with E-state index in [0.717, 1.165) is 30.7 Å². The Morgan fingerprint density at radius 2 is 2.32 bits per heavy atom. The molecule has 1 N–H and O–H groups in total. The number of aryl methyl sites for hydroxylation is 1. The number of rotatable bonds is 3. The van der Waals surface area contributed by atoms with Crippen LogP contribution in [0.2, 0.25) is 0 Å². The number of imidazole rings is 1. The fourth-order valence-electron chi connectivity index (χ4n) is 2.94. The normalized spacial score (nSPS) is 20.6. The number of fused-ring (bicyclic) bond motifs is 1. The van der Waals surface area contributed by atoms with E-state index in [1.165, 1.54) is 31.5 Å². The molecule has 3 heterocycles. The van der Waals surface area contributed by atoms with E-state index in [4.69, 9.17) is 4.98 Å². The summed E-state index contributed by atoms with van der Waals surface area (Å²) in [5, 5.41) is 3.65. The standard InChI is InChI=1S/C15H22N4/c1-2-11-19-14-13(8-6-10-17-14)18-15(19)12-7-4-3-5-9-16-12/h6,8,10,12,16H,2-5,7,9,11H2,1H3. The van der Waals surface area contributed by atoms with Gasteiger partial charge in [-0.3, -0.25) is 0 Å². The van der Waals surface area contributed by atoms with Gasteiger partial charge in [0.2, 0.25) is 0 Å². The molecule has 0 saturated carbocycles. The molecular weight excluding hydrogens is 236 g/mol. The van der Waals surface area contributed by atoms with Crippen LogP contribution < -0.4 is 5.32 Å². The van der Waals surface area contributed by atoms with Gasteiger partial charge in [-0.05, 0) is 37.9 Å². The lowest BCUT2D eigenvalue weighted by Crippen LogP contribution is -2.24. The van der Waals surface area contributed by atoms with Gasteiger partial charge in [-0.25, -0.2) is 9.97 Å².